The Morgan fingerprint density at radius 3 is 2.44 bits per heavy atom. The summed E-state index contributed by atoms with van der Waals surface area (Å²) in [5.41, 5.74) is 0. The molecule has 0 fully saturated rings. The Balaban J connectivity index is 3.85. The normalized spacial score (nSPS) is 12.2. The smallest absolute Gasteiger partial charge is 0.326 e. The quantitative estimate of drug-likeness (QED) is 0.544. The van der Waals surface area contributed by atoms with Crippen LogP contribution in [0.4, 0.5) is 4.79 Å². The molecule has 1 unspecified atom stereocenters. The third-order valence-corrected chi connectivity index (χ3v) is 2.37. The first kappa shape index (κ1) is 16.7. The molecule has 18 heavy (non-hydrogen) atoms. The van der Waals surface area contributed by atoms with Crippen LogP contribution in [-0.4, -0.2) is 43.4 Å². The van der Waals surface area contributed by atoms with E-state index in [0.717, 1.165) is 12.8 Å². The fourth-order valence-corrected chi connectivity index (χ4v) is 1.48. The van der Waals surface area contributed by atoms with E-state index in [2.05, 4.69) is 10.6 Å². The van der Waals surface area contributed by atoms with Crippen molar-refractivity contribution in [1.82, 2.24) is 10.6 Å². The van der Waals surface area contributed by atoms with Crippen LogP contribution in [0.2, 0.25) is 0 Å². The summed E-state index contributed by atoms with van der Waals surface area (Å²) in [5.74, 6) is -0.786. The minimum absolute atomic E-state index is 0.216. The van der Waals surface area contributed by atoms with Crippen LogP contribution >= 0.6 is 0 Å². The van der Waals surface area contributed by atoms with E-state index >= 15 is 0 Å². The molecule has 106 valence electrons. The maximum Gasteiger partial charge on any atom is 0.326 e. The van der Waals surface area contributed by atoms with E-state index in [1.165, 1.54) is 0 Å². The van der Waals surface area contributed by atoms with E-state index in [0.29, 0.717) is 19.6 Å². The first-order valence-electron chi connectivity index (χ1n) is 6.23. The van der Waals surface area contributed by atoms with Crippen molar-refractivity contribution in [3.63, 3.8) is 0 Å². The van der Waals surface area contributed by atoms with Gasteiger partial charge in [0.05, 0.1) is 0 Å². The number of methoxy groups -OCH3 is 1. The summed E-state index contributed by atoms with van der Waals surface area (Å²) in [6, 6.07) is -1.26. The number of carbonyl (C=O) groups is 2. The third kappa shape index (κ3) is 8.81. The molecule has 0 aliphatic carbocycles. The van der Waals surface area contributed by atoms with Gasteiger partial charge in [0.15, 0.2) is 0 Å². The van der Waals surface area contributed by atoms with Crippen molar-refractivity contribution in [1.29, 1.82) is 0 Å². The summed E-state index contributed by atoms with van der Waals surface area (Å²) in [7, 11) is 1.63. The van der Waals surface area contributed by atoms with Crippen molar-refractivity contribution in [3.8, 4) is 0 Å². The van der Waals surface area contributed by atoms with Gasteiger partial charge in [-0.05, 0) is 25.2 Å². The standard InChI is InChI=1S/C12H24N2O4/c1-9(2)8-10(11(15)16)14-12(17)13-6-4-5-7-18-3/h9-10H,4-8H2,1-3H3,(H,15,16)(H2,13,14,17). The number of aliphatic carboxylic acids is 1. The molecule has 0 bridgehead atoms. The van der Waals surface area contributed by atoms with Crippen molar-refractivity contribution >= 4 is 12.0 Å². The zero-order valence-electron chi connectivity index (χ0n) is 11.4. The predicted octanol–water partition coefficient (Wildman–Crippen LogP) is 1.21. The fraction of sp³-hybridized carbons (Fsp3) is 0.833. The van der Waals surface area contributed by atoms with Gasteiger partial charge in [0.25, 0.3) is 0 Å². The average Bonchev–Trinajstić information content (AvgIpc) is 2.27. The Morgan fingerprint density at radius 2 is 1.94 bits per heavy atom. The number of carbonyl (C=O) groups excluding carboxylic acids is 1. The molecule has 0 spiro atoms. The first-order valence-corrected chi connectivity index (χ1v) is 6.23. The second-order valence-electron chi connectivity index (χ2n) is 4.62. The molecule has 0 aromatic carbocycles. The van der Waals surface area contributed by atoms with Crippen molar-refractivity contribution in [2.45, 2.75) is 39.2 Å². The third-order valence-electron chi connectivity index (χ3n) is 2.37. The van der Waals surface area contributed by atoms with Gasteiger partial charge in [-0.3, -0.25) is 0 Å². The van der Waals surface area contributed by atoms with Gasteiger partial charge in [-0.15, -0.1) is 0 Å². The van der Waals surface area contributed by atoms with Gasteiger partial charge in [-0.1, -0.05) is 13.8 Å². The van der Waals surface area contributed by atoms with Crippen molar-refractivity contribution in [3.05, 3.63) is 0 Å². The van der Waals surface area contributed by atoms with Crippen LogP contribution in [0.3, 0.4) is 0 Å². The van der Waals surface area contributed by atoms with Crippen LogP contribution in [0.25, 0.3) is 0 Å². The fourth-order valence-electron chi connectivity index (χ4n) is 1.48. The molecule has 6 nitrogen and oxygen atoms in total. The summed E-state index contributed by atoms with van der Waals surface area (Å²) in [6.07, 6.45) is 2.10. The molecule has 0 aromatic heterocycles. The zero-order chi connectivity index (χ0) is 14.0. The lowest BCUT2D eigenvalue weighted by molar-refractivity contribution is -0.139. The van der Waals surface area contributed by atoms with E-state index in [-0.39, 0.29) is 5.92 Å². The summed E-state index contributed by atoms with van der Waals surface area (Å²) < 4.78 is 4.88. The minimum atomic E-state index is -1.00. The summed E-state index contributed by atoms with van der Waals surface area (Å²) in [4.78, 5) is 22.4. The Bertz CT molecular complexity index is 256. The van der Waals surface area contributed by atoms with E-state index < -0.39 is 18.0 Å². The molecular weight excluding hydrogens is 236 g/mol. The van der Waals surface area contributed by atoms with Crippen molar-refractivity contribution in [2.24, 2.45) is 5.92 Å². The highest BCUT2D eigenvalue weighted by atomic mass is 16.5. The number of urea groups is 1. The summed E-state index contributed by atoms with van der Waals surface area (Å²) in [6.45, 7) is 5.01. The number of carboxylic acid groups (broad SMARTS) is 1. The monoisotopic (exact) mass is 260 g/mol. The van der Waals surface area contributed by atoms with Gasteiger partial charge in [-0.25, -0.2) is 9.59 Å². The van der Waals surface area contributed by atoms with Crippen LogP contribution in [0, 0.1) is 5.92 Å². The van der Waals surface area contributed by atoms with E-state index in [1.54, 1.807) is 7.11 Å². The predicted molar refractivity (Wildman–Crippen MR) is 68.5 cm³/mol. The number of nitrogens with one attached hydrogen (secondary N) is 2. The Morgan fingerprint density at radius 1 is 1.28 bits per heavy atom. The van der Waals surface area contributed by atoms with Crippen LogP contribution in [0.15, 0.2) is 0 Å². The lowest BCUT2D eigenvalue weighted by Gasteiger charge is -2.16. The maximum absolute atomic E-state index is 11.5. The molecule has 0 aromatic rings. The number of carboxylic acids is 1. The van der Waals surface area contributed by atoms with Gasteiger partial charge in [0.1, 0.15) is 6.04 Å². The highest BCUT2D eigenvalue weighted by molar-refractivity contribution is 5.82. The van der Waals surface area contributed by atoms with E-state index in [9.17, 15) is 9.59 Å². The molecule has 6 heteroatoms. The average molecular weight is 260 g/mol. The Kier molecular flexibility index (Phi) is 9.00. The molecular formula is C12H24N2O4. The highest BCUT2D eigenvalue weighted by Crippen LogP contribution is 2.04. The van der Waals surface area contributed by atoms with Gasteiger partial charge in [0, 0.05) is 20.3 Å². The molecule has 0 saturated carbocycles. The second kappa shape index (κ2) is 9.70. The molecule has 2 amide bonds. The molecule has 3 N–H and O–H groups in total. The van der Waals surface area contributed by atoms with Crippen LogP contribution in [0.5, 0.6) is 0 Å². The van der Waals surface area contributed by atoms with Gasteiger partial charge in [-0.2, -0.15) is 0 Å². The molecule has 0 aliphatic heterocycles. The topological polar surface area (TPSA) is 87.7 Å². The lowest BCUT2D eigenvalue weighted by atomic mass is 10.0. The van der Waals surface area contributed by atoms with Crippen molar-refractivity contribution in [2.75, 3.05) is 20.3 Å². The van der Waals surface area contributed by atoms with Crippen LogP contribution < -0.4 is 10.6 Å². The number of rotatable bonds is 9. The van der Waals surface area contributed by atoms with Crippen molar-refractivity contribution < 1.29 is 19.4 Å². The maximum atomic E-state index is 11.5. The summed E-state index contributed by atoms with van der Waals surface area (Å²) in [5, 5.41) is 14.0. The number of hydrogen-bond donors (Lipinski definition) is 3. The number of unbranched alkanes of at least 4 members (excludes halogenated alkanes) is 1. The molecule has 0 rings (SSSR count). The number of amides is 2. The van der Waals surface area contributed by atoms with E-state index in [4.69, 9.17) is 9.84 Å². The highest BCUT2D eigenvalue weighted by Gasteiger charge is 2.20. The Labute approximate surface area is 108 Å². The SMILES string of the molecule is COCCCCNC(=O)NC(CC(C)C)C(=O)O. The minimum Gasteiger partial charge on any atom is -0.480 e. The lowest BCUT2D eigenvalue weighted by Crippen LogP contribution is -2.46. The molecule has 0 saturated heterocycles. The molecule has 0 heterocycles. The van der Waals surface area contributed by atoms with Gasteiger partial charge in [0.2, 0.25) is 0 Å². The zero-order valence-corrected chi connectivity index (χ0v) is 11.4. The molecule has 0 radical (unpaired) electrons. The summed E-state index contributed by atoms with van der Waals surface area (Å²) >= 11 is 0. The Hall–Kier alpha value is -1.30. The number of hydrogen-bond acceptors (Lipinski definition) is 3. The largest absolute Gasteiger partial charge is 0.480 e. The van der Waals surface area contributed by atoms with Crippen LogP contribution in [-0.2, 0) is 9.53 Å². The van der Waals surface area contributed by atoms with Gasteiger partial charge < -0.3 is 20.5 Å². The molecule has 1 atom stereocenters. The van der Waals surface area contributed by atoms with Gasteiger partial charge >= 0.3 is 12.0 Å². The number of ether oxygens (including phenoxy) is 1. The molecule has 0 aliphatic rings. The second-order valence-corrected chi connectivity index (χ2v) is 4.62. The van der Waals surface area contributed by atoms with Crippen LogP contribution in [0.1, 0.15) is 33.1 Å². The first-order chi connectivity index (χ1) is 8.47. The van der Waals surface area contributed by atoms with E-state index in [1.807, 2.05) is 13.8 Å².